The van der Waals surface area contributed by atoms with Gasteiger partial charge in [0, 0.05) is 10.7 Å². The highest BCUT2D eigenvalue weighted by Gasteiger charge is 2.16. The van der Waals surface area contributed by atoms with Crippen molar-refractivity contribution in [2.24, 2.45) is 0 Å². The zero-order valence-electron chi connectivity index (χ0n) is 9.81. The summed E-state index contributed by atoms with van der Waals surface area (Å²) in [5.74, 6) is -1.72. The normalized spacial score (nSPS) is 11.3. The predicted octanol–water partition coefficient (Wildman–Crippen LogP) is 0.994. The quantitative estimate of drug-likeness (QED) is 0.847. The number of hydrogen-bond donors (Lipinski definition) is 2. The van der Waals surface area contributed by atoms with Crippen LogP contribution in [-0.2, 0) is 14.6 Å². The number of aliphatic hydroxyl groups excluding tert-OH is 1. The number of nitrogens with one attached hydrogen (secondary N) is 1. The number of amides is 1. The fraction of sp³-hybridized carbons (Fsp3) is 0.364. The molecule has 2 N–H and O–H groups in total. The minimum atomic E-state index is -3.56. The fourth-order valence-electron chi connectivity index (χ4n) is 1.28. The second-order valence-corrected chi connectivity index (χ2v) is 6.42. The summed E-state index contributed by atoms with van der Waals surface area (Å²) in [6, 6.07) is 4.91. The van der Waals surface area contributed by atoms with Crippen LogP contribution in [0.3, 0.4) is 0 Å². The predicted molar refractivity (Wildman–Crippen MR) is 70.6 cm³/mol. The van der Waals surface area contributed by atoms with Gasteiger partial charge in [-0.05, 0) is 24.6 Å². The number of hydrogen-bond acceptors (Lipinski definition) is 4. The number of carbonyl (C=O) groups is 1. The van der Waals surface area contributed by atoms with E-state index in [1.54, 1.807) is 18.2 Å². The second-order valence-electron chi connectivity index (χ2n) is 3.83. The molecule has 0 aliphatic carbocycles. The third-order valence-corrected chi connectivity index (χ3v) is 4.12. The Morgan fingerprint density at radius 2 is 2.11 bits per heavy atom. The van der Waals surface area contributed by atoms with Gasteiger partial charge in [-0.3, -0.25) is 4.79 Å². The smallest absolute Gasteiger partial charge is 0.239 e. The van der Waals surface area contributed by atoms with Crippen LogP contribution in [0.1, 0.15) is 5.56 Å². The topological polar surface area (TPSA) is 83.5 Å². The molecule has 0 spiro atoms. The fourth-order valence-corrected chi connectivity index (χ4v) is 2.35. The van der Waals surface area contributed by atoms with Crippen molar-refractivity contribution in [1.82, 2.24) is 0 Å². The largest absolute Gasteiger partial charge is 0.395 e. The number of carbonyl (C=O) groups excluding carboxylic acids is 1. The van der Waals surface area contributed by atoms with Crippen LogP contribution in [0.4, 0.5) is 5.69 Å². The maximum absolute atomic E-state index is 11.5. The Hall–Kier alpha value is -1.11. The van der Waals surface area contributed by atoms with Crippen molar-refractivity contribution in [3.63, 3.8) is 0 Å². The maximum atomic E-state index is 11.5. The molecule has 0 heterocycles. The van der Waals surface area contributed by atoms with Gasteiger partial charge in [-0.25, -0.2) is 8.42 Å². The minimum absolute atomic E-state index is 0.422. The molecule has 0 aliphatic rings. The van der Waals surface area contributed by atoms with E-state index in [1.807, 2.05) is 6.92 Å². The SMILES string of the molecule is Cc1ccc(NC(=O)CS(=O)(=O)CCO)cc1Cl. The van der Waals surface area contributed by atoms with Crippen LogP contribution in [0.5, 0.6) is 0 Å². The standard InChI is InChI=1S/C11H14ClNO4S/c1-8-2-3-9(6-10(8)12)13-11(15)7-18(16,17)5-4-14/h2-3,6,14H,4-5,7H2,1H3,(H,13,15). The Kier molecular flexibility index (Phi) is 5.13. The summed E-state index contributed by atoms with van der Waals surface area (Å²) in [7, 11) is -3.56. The third-order valence-electron chi connectivity index (χ3n) is 2.21. The molecule has 0 aromatic heterocycles. The number of rotatable bonds is 5. The van der Waals surface area contributed by atoms with Gasteiger partial charge in [0.15, 0.2) is 9.84 Å². The molecular weight excluding hydrogens is 278 g/mol. The van der Waals surface area contributed by atoms with E-state index in [1.165, 1.54) is 0 Å². The number of aryl methyl sites for hydroxylation is 1. The summed E-state index contributed by atoms with van der Waals surface area (Å²) >= 11 is 5.88. The van der Waals surface area contributed by atoms with E-state index in [9.17, 15) is 13.2 Å². The molecule has 5 nitrogen and oxygen atoms in total. The molecule has 1 aromatic rings. The van der Waals surface area contributed by atoms with Crippen LogP contribution in [0, 0.1) is 6.92 Å². The van der Waals surface area contributed by atoms with Crippen LogP contribution in [-0.4, -0.2) is 37.5 Å². The Balaban J connectivity index is 2.68. The number of aliphatic hydroxyl groups is 1. The van der Waals surface area contributed by atoms with Crippen LogP contribution >= 0.6 is 11.6 Å². The molecule has 18 heavy (non-hydrogen) atoms. The average molecular weight is 292 g/mol. The first-order valence-corrected chi connectivity index (χ1v) is 7.41. The van der Waals surface area contributed by atoms with E-state index < -0.39 is 33.9 Å². The van der Waals surface area contributed by atoms with Crippen LogP contribution in [0.2, 0.25) is 5.02 Å². The Morgan fingerprint density at radius 1 is 1.44 bits per heavy atom. The maximum Gasteiger partial charge on any atom is 0.239 e. The summed E-state index contributed by atoms with van der Waals surface area (Å²) in [4.78, 5) is 11.5. The van der Waals surface area contributed by atoms with Gasteiger partial charge in [0.1, 0.15) is 5.75 Å². The van der Waals surface area contributed by atoms with Crippen molar-refractivity contribution >= 4 is 33.0 Å². The molecule has 1 rings (SSSR count). The summed E-state index contributed by atoms with van der Waals surface area (Å²) in [6.45, 7) is 1.33. The van der Waals surface area contributed by atoms with Crippen molar-refractivity contribution < 1.29 is 18.3 Å². The molecule has 1 aromatic carbocycles. The van der Waals surface area contributed by atoms with E-state index in [0.29, 0.717) is 10.7 Å². The van der Waals surface area contributed by atoms with E-state index >= 15 is 0 Å². The summed E-state index contributed by atoms with van der Waals surface area (Å²) in [6.07, 6.45) is 0. The molecule has 0 fully saturated rings. The van der Waals surface area contributed by atoms with Gasteiger partial charge in [0.25, 0.3) is 0 Å². The van der Waals surface area contributed by atoms with Crippen molar-refractivity contribution in [3.8, 4) is 0 Å². The molecule has 0 saturated carbocycles. The van der Waals surface area contributed by atoms with Gasteiger partial charge < -0.3 is 10.4 Å². The molecule has 0 radical (unpaired) electrons. The lowest BCUT2D eigenvalue weighted by Gasteiger charge is -2.07. The summed E-state index contributed by atoms with van der Waals surface area (Å²) in [5, 5.41) is 11.5. The molecule has 100 valence electrons. The third kappa shape index (κ3) is 4.64. The van der Waals surface area contributed by atoms with Crippen molar-refractivity contribution in [2.45, 2.75) is 6.92 Å². The van der Waals surface area contributed by atoms with E-state index in [-0.39, 0.29) is 0 Å². The highest BCUT2D eigenvalue weighted by molar-refractivity contribution is 7.92. The van der Waals surface area contributed by atoms with Crippen LogP contribution in [0.15, 0.2) is 18.2 Å². The lowest BCUT2D eigenvalue weighted by atomic mass is 10.2. The summed E-state index contributed by atoms with van der Waals surface area (Å²) in [5.41, 5.74) is 1.30. The highest BCUT2D eigenvalue weighted by atomic mass is 35.5. The Bertz CT molecular complexity index is 542. The number of anilines is 1. The molecule has 7 heteroatoms. The van der Waals surface area contributed by atoms with E-state index in [4.69, 9.17) is 16.7 Å². The number of benzene rings is 1. The molecular formula is C11H14ClNO4S. The molecule has 0 unspecified atom stereocenters. The van der Waals surface area contributed by atoms with Crippen molar-refractivity contribution in [1.29, 1.82) is 0 Å². The highest BCUT2D eigenvalue weighted by Crippen LogP contribution is 2.19. The van der Waals surface area contributed by atoms with Gasteiger partial charge in [0.2, 0.25) is 5.91 Å². The van der Waals surface area contributed by atoms with Gasteiger partial charge in [-0.1, -0.05) is 17.7 Å². The van der Waals surface area contributed by atoms with Gasteiger partial charge in [-0.15, -0.1) is 0 Å². The van der Waals surface area contributed by atoms with Gasteiger partial charge in [0.05, 0.1) is 12.4 Å². The van der Waals surface area contributed by atoms with E-state index in [0.717, 1.165) is 5.56 Å². The molecule has 1 amide bonds. The molecule has 0 bridgehead atoms. The number of halogens is 1. The zero-order chi connectivity index (χ0) is 13.8. The molecule has 0 aliphatic heterocycles. The summed E-state index contributed by atoms with van der Waals surface area (Å²) < 4.78 is 22.6. The molecule has 0 saturated heterocycles. The zero-order valence-corrected chi connectivity index (χ0v) is 11.4. The molecule has 0 atom stereocenters. The monoisotopic (exact) mass is 291 g/mol. The van der Waals surface area contributed by atoms with Gasteiger partial charge in [-0.2, -0.15) is 0 Å². The average Bonchev–Trinajstić information content (AvgIpc) is 2.22. The Morgan fingerprint density at radius 3 is 2.67 bits per heavy atom. The first-order chi connectivity index (χ1) is 8.34. The van der Waals surface area contributed by atoms with Crippen LogP contribution < -0.4 is 5.32 Å². The lowest BCUT2D eigenvalue weighted by Crippen LogP contribution is -2.25. The first-order valence-electron chi connectivity index (χ1n) is 5.21. The van der Waals surface area contributed by atoms with Crippen molar-refractivity contribution in [3.05, 3.63) is 28.8 Å². The van der Waals surface area contributed by atoms with Gasteiger partial charge >= 0.3 is 0 Å². The lowest BCUT2D eigenvalue weighted by molar-refractivity contribution is -0.113. The number of sulfone groups is 1. The minimum Gasteiger partial charge on any atom is -0.395 e. The Labute approximate surface area is 111 Å². The van der Waals surface area contributed by atoms with E-state index in [2.05, 4.69) is 5.32 Å². The van der Waals surface area contributed by atoms with Crippen LogP contribution in [0.25, 0.3) is 0 Å². The van der Waals surface area contributed by atoms with Crippen molar-refractivity contribution in [2.75, 3.05) is 23.4 Å². The second kappa shape index (κ2) is 6.17. The first kappa shape index (κ1) is 14.9.